The largest absolute Gasteiger partial charge is 0.392 e. The number of benzene rings is 1. The molecule has 0 amide bonds. The summed E-state index contributed by atoms with van der Waals surface area (Å²) in [5.41, 5.74) is 8.85. The summed E-state index contributed by atoms with van der Waals surface area (Å²) in [4.78, 5) is 0.451. The van der Waals surface area contributed by atoms with Crippen LogP contribution in [-0.2, 0) is 0 Å². The van der Waals surface area contributed by atoms with Crippen molar-refractivity contribution in [2.24, 2.45) is 5.73 Å². The van der Waals surface area contributed by atoms with Gasteiger partial charge in [-0.1, -0.05) is 42.5 Å². The summed E-state index contributed by atoms with van der Waals surface area (Å²) in [6.45, 7) is 3.99. The molecule has 1 atom stereocenters. The highest BCUT2D eigenvalue weighted by Gasteiger charge is 2.12. The number of nitrogens with two attached hydrogens (primary N) is 1. The molecule has 0 saturated carbocycles. The minimum absolute atomic E-state index is 0.0545. The number of aryl methyl sites for hydroxylation is 1. The summed E-state index contributed by atoms with van der Waals surface area (Å²) in [7, 11) is 0. The third-order valence-corrected chi connectivity index (χ3v) is 3.11. The minimum atomic E-state index is -0.0545. The predicted octanol–water partition coefficient (Wildman–Crippen LogP) is 2.71. The zero-order valence-corrected chi connectivity index (χ0v) is 10.7. The second kappa shape index (κ2) is 4.67. The maximum atomic E-state index is 5.64. The third-order valence-electron chi connectivity index (χ3n) is 2.77. The number of hydrogen-bond donors (Lipinski definition) is 1. The highest BCUT2D eigenvalue weighted by molar-refractivity contribution is 7.80. The Bertz CT molecular complexity index is 531. The van der Waals surface area contributed by atoms with Crippen LogP contribution >= 0.6 is 12.2 Å². The average Bonchev–Trinajstić information content (AvgIpc) is 2.71. The highest BCUT2D eigenvalue weighted by atomic mass is 32.1. The fraction of sp³-hybridized carbons (Fsp3) is 0.231. The predicted molar refractivity (Wildman–Crippen MR) is 73.9 cm³/mol. The summed E-state index contributed by atoms with van der Waals surface area (Å²) in [6, 6.07) is 10.0. The van der Waals surface area contributed by atoms with Crippen molar-refractivity contribution in [2.75, 3.05) is 0 Å². The van der Waals surface area contributed by atoms with E-state index in [0.29, 0.717) is 4.99 Å². The molecule has 2 aromatic rings. The molecule has 1 aromatic heterocycles. The SMILES string of the molecule is Cc1cn(C(C)C(N)=S)nc1-c1ccccc1. The smallest absolute Gasteiger partial charge is 0.0989 e. The molecule has 0 saturated heterocycles. The molecule has 0 radical (unpaired) electrons. The molecule has 2 rings (SSSR count). The number of thiocarbonyl (C=S) groups is 1. The molecule has 4 heteroatoms. The van der Waals surface area contributed by atoms with E-state index in [9.17, 15) is 0 Å². The van der Waals surface area contributed by atoms with Crippen molar-refractivity contribution in [3.8, 4) is 11.3 Å². The van der Waals surface area contributed by atoms with E-state index >= 15 is 0 Å². The van der Waals surface area contributed by atoms with Crippen molar-refractivity contribution in [1.29, 1.82) is 0 Å². The Hall–Kier alpha value is -1.68. The van der Waals surface area contributed by atoms with Gasteiger partial charge in [-0.3, -0.25) is 4.68 Å². The van der Waals surface area contributed by atoms with Gasteiger partial charge in [0.05, 0.1) is 16.7 Å². The maximum absolute atomic E-state index is 5.64. The van der Waals surface area contributed by atoms with E-state index in [0.717, 1.165) is 16.8 Å². The van der Waals surface area contributed by atoms with E-state index < -0.39 is 0 Å². The molecule has 0 aliphatic heterocycles. The lowest BCUT2D eigenvalue weighted by molar-refractivity contribution is 0.612. The van der Waals surface area contributed by atoms with Crippen molar-refractivity contribution in [3.63, 3.8) is 0 Å². The summed E-state index contributed by atoms with van der Waals surface area (Å²) < 4.78 is 1.82. The van der Waals surface area contributed by atoms with Gasteiger partial charge >= 0.3 is 0 Å². The first-order valence-electron chi connectivity index (χ1n) is 5.50. The zero-order chi connectivity index (χ0) is 12.4. The molecule has 88 valence electrons. The van der Waals surface area contributed by atoms with E-state index in [1.807, 2.05) is 55.1 Å². The summed E-state index contributed by atoms with van der Waals surface area (Å²) in [6.07, 6.45) is 1.98. The molecule has 3 nitrogen and oxygen atoms in total. The van der Waals surface area contributed by atoms with Gasteiger partial charge in [0.2, 0.25) is 0 Å². The van der Waals surface area contributed by atoms with Crippen LogP contribution in [0.2, 0.25) is 0 Å². The van der Waals surface area contributed by atoms with E-state index in [-0.39, 0.29) is 6.04 Å². The van der Waals surface area contributed by atoms with Gasteiger partial charge in [0.25, 0.3) is 0 Å². The van der Waals surface area contributed by atoms with Gasteiger partial charge < -0.3 is 5.73 Å². The quantitative estimate of drug-likeness (QED) is 0.846. The molecular formula is C13H15N3S. The standard InChI is InChI=1S/C13H15N3S/c1-9-8-16(10(2)13(14)17)15-12(9)11-6-4-3-5-7-11/h3-8,10H,1-2H3,(H2,14,17). The lowest BCUT2D eigenvalue weighted by atomic mass is 10.1. The Kier molecular flexibility index (Phi) is 3.24. The average molecular weight is 245 g/mol. The van der Waals surface area contributed by atoms with E-state index in [4.69, 9.17) is 18.0 Å². The van der Waals surface area contributed by atoms with Crippen LogP contribution in [0.25, 0.3) is 11.3 Å². The van der Waals surface area contributed by atoms with Crippen LogP contribution in [0.5, 0.6) is 0 Å². The first-order chi connectivity index (χ1) is 8.09. The van der Waals surface area contributed by atoms with Crippen LogP contribution in [0.1, 0.15) is 18.5 Å². The fourth-order valence-electron chi connectivity index (χ4n) is 1.69. The Morgan fingerprint density at radius 1 is 1.35 bits per heavy atom. The van der Waals surface area contributed by atoms with Gasteiger partial charge in [0.1, 0.15) is 0 Å². The van der Waals surface area contributed by atoms with Crippen molar-refractivity contribution in [1.82, 2.24) is 9.78 Å². The summed E-state index contributed by atoms with van der Waals surface area (Å²) >= 11 is 4.99. The number of aromatic nitrogens is 2. The van der Waals surface area contributed by atoms with Crippen molar-refractivity contribution in [2.45, 2.75) is 19.9 Å². The second-order valence-electron chi connectivity index (χ2n) is 4.09. The van der Waals surface area contributed by atoms with E-state index in [1.54, 1.807) is 0 Å². The highest BCUT2D eigenvalue weighted by Crippen LogP contribution is 2.22. The van der Waals surface area contributed by atoms with Gasteiger partial charge in [-0.15, -0.1) is 0 Å². The van der Waals surface area contributed by atoms with Gasteiger partial charge in [-0.2, -0.15) is 5.10 Å². The Labute approximate surface area is 106 Å². The molecule has 0 spiro atoms. The van der Waals surface area contributed by atoms with Gasteiger partial charge in [-0.05, 0) is 19.4 Å². The van der Waals surface area contributed by atoms with Crippen LogP contribution in [0, 0.1) is 6.92 Å². The minimum Gasteiger partial charge on any atom is -0.392 e. The van der Waals surface area contributed by atoms with Crippen LogP contribution in [0.4, 0.5) is 0 Å². The lowest BCUT2D eigenvalue weighted by Gasteiger charge is -2.09. The van der Waals surface area contributed by atoms with E-state index in [2.05, 4.69) is 5.10 Å². The molecule has 2 N–H and O–H groups in total. The van der Waals surface area contributed by atoms with Crippen LogP contribution in [0.3, 0.4) is 0 Å². The topological polar surface area (TPSA) is 43.8 Å². The molecule has 1 aromatic carbocycles. The third kappa shape index (κ3) is 2.36. The maximum Gasteiger partial charge on any atom is 0.0989 e. The van der Waals surface area contributed by atoms with Crippen LogP contribution < -0.4 is 5.73 Å². The summed E-state index contributed by atoms with van der Waals surface area (Å²) in [5, 5.41) is 4.55. The monoisotopic (exact) mass is 245 g/mol. The van der Waals surface area contributed by atoms with Crippen LogP contribution in [-0.4, -0.2) is 14.8 Å². The lowest BCUT2D eigenvalue weighted by Crippen LogP contribution is -2.22. The summed E-state index contributed by atoms with van der Waals surface area (Å²) in [5.74, 6) is 0. The number of nitrogens with zero attached hydrogens (tertiary/aromatic N) is 2. The Balaban J connectivity index is 2.41. The Morgan fingerprint density at radius 3 is 2.59 bits per heavy atom. The normalized spacial score (nSPS) is 12.4. The molecule has 0 fully saturated rings. The molecule has 0 aliphatic carbocycles. The van der Waals surface area contributed by atoms with Gasteiger partial charge in [0, 0.05) is 11.8 Å². The molecule has 1 heterocycles. The Morgan fingerprint density at radius 2 is 2.00 bits per heavy atom. The van der Waals surface area contributed by atoms with Crippen molar-refractivity contribution < 1.29 is 0 Å². The zero-order valence-electron chi connectivity index (χ0n) is 9.92. The first-order valence-corrected chi connectivity index (χ1v) is 5.91. The van der Waals surface area contributed by atoms with Gasteiger partial charge in [-0.25, -0.2) is 0 Å². The van der Waals surface area contributed by atoms with Crippen molar-refractivity contribution in [3.05, 3.63) is 42.1 Å². The molecule has 17 heavy (non-hydrogen) atoms. The van der Waals surface area contributed by atoms with Crippen molar-refractivity contribution >= 4 is 17.2 Å². The van der Waals surface area contributed by atoms with Gasteiger partial charge in [0.15, 0.2) is 0 Å². The second-order valence-corrected chi connectivity index (χ2v) is 4.56. The molecule has 1 unspecified atom stereocenters. The fourth-order valence-corrected chi connectivity index (χ4v) is 1.80. The number of hydrogen-bond acceptors (Lipinski definition) is 2. The number of rotatable bonds is 3. The molecule has 0 aliphatic rings. The molecule has 0 bridgehead atoms. The van der Waals surface area contributed by atoms with E-state index in [1.165, 1.54) is 0 Å². The van der Waals surface area contributed by atoms with Crippen LogP contribution in [0.15, 0.2) is 36.5 Å². The first kappa shape index (κ1) is 11.8. The molecular weight excluding hydrogens is 230 g/mol.